The number of methoxy groups -OCH3 is 1. The van der Waals surface area contributed by atoms with Crippen LogP contribution in [0.4, 0.5) is 0 Å². The van der Waals surface area contributed by atoms with Crippen LogP contribution in [0.2, 0.25) is 0 Å². The molecule has 1 spiro atoms. The van der Waals surface area contributed by atoms with E-state index in [2.05, 4.69) is 15.9 Å². The number of ether oxygens (including phenoxy) is 4. The number of fused-ring (bicyclic) bond motifs is 2. The first-order valence-corrected chi connectivity index (χ1v) is 8.90. The van der Waals surface area contributed by atoms with Gasteiger partial charge in [-0.15, -0.1) is 0 Å². The average molecular weight is 398 g/mol. The summed E-state index contributed by atoms with van der Waals surface area (Å²) < 4.78 is 23.8. The van der Waals surface area contributed by atoms with E-state index >= 15 is 0 Å². The second-order valence-corrected chi connectivity index (χ2v) is 7.53. The highest BCUT2D eigenvalue weighted by molar-refractivity contribution is 9.10. The summed E-state index contributed by atoms with van der Waals surface area (Å²) in [5, 5.41) is 0. The Kier molecular flexibility index (Phi) is 3.87. The van der Waals surface area contributed by atoms with Gasteiger partial charge in [-0.3, -0.25) is 0 Å². The molecular weight excluding hydrogens is 378 g/mol. The fourth-order valence-electron chi connectivity index (χ4n) is 4.24. The first-order valence-electron chi connectivity index (χ1n) is 8.10. The Balaban J connectivity index is 1.77. The van der Waals surface area contributed by atoms with Crippen LogP contribution in [0.15, 0.2) is 22.7 Å². The summed E-state index contributed by atoms with van der Waals surface area (Å²) >= 11 is 3.45. The van der Waals surface area contributed by atoms with E-state index in [0.717, 1.165) is 4.47 Å². The third kappa shape index (κ3) is 2.29. The van der Waals surface area contributed by atoms with Gasteiger partial charge in [0.15, 0.2) is 5.79 Å². The van der Waals surface area contributed by atoms with Gasteiger partial charge in [0.05, 0.1) is 20.3 Å². The zero-order valence-electron chi connectivity index (χ0n) is 13.4. The van der Waals surface area contributed by atoms with Crippen LogP contribution in [0.25, 0.3) is 0 Å². The first-order chi connectivity index (χ1) is 11.5. The van der Waals surface area contributed by atoms with Gasteiger partial charge >= 0.3 is 5.97 Å². The molecule has 1 aromatic carbocycles. The molecule has 1 aromatic rings. The van der Waals surface area contributed by atoms with Crippen molar-refractivity contribution in [3.8, 4) is 5.75 Å². The molecule has 1 saturated carbocycles. The Morgan fingerprint density at radius 1 is 1.38 bits per heavy atom. The summed E-state index contributed by atoms with van der Waals surface area (Å²) in [5.41, 5.74) is 6.10. The van der Waals surface area contributed by atoms with Crippen molar-refractivity contribution in [3.63, 3.8) is 0 Å². The number of hydrogen-bond acceptors (Lipinski definition) is 6. The molecule has 0 aromatic heterocycles. The Morgan fingerprint density at radius 2 is 2.12 bits per heavy atom. The molecule has 1 aliphatic carbocycles. The predicted molar refractivity (Wildman–Crippen MR) is 88.4 cm³/mol. The van der Waals surface area contributed by atoms with E-state index in [1.807, 2.05) is 18.2 Å². The molecule has 0 bridgehead atoms. The molecule has 2 aliphatic heterocycles. The van der Waals surface area contributed by atoms with E-state index in [1.165, 1.54) is 7.11 Å². The van der Waals surface area contributed by atoms with Crippen molar-refractivity contribution in [1.29, 1.82) is 0 Å². The number of carbonyl (C=O) groups is 1. The Labute approximate surface area is 148 Å². The van der Waals surface area contributed by atoms with Crippen molar-refractivity contribution in [2.24, 2.45) is 11.7 Å². The Bertz CT molecular complexity index is 675. The lowest BCUT2D eigenvalue weighted by atomic mass is 9.67. The zero-order chi connectivity index (χ0) is 16.9. The molecule has 2 N–H and O–H groups in total. The Morgan fingerprint density at radius 3 is 2.83 bits per heavy atom. The summed E-state index contributed by atoms with van der Waals surface area (Å²) in [6.07, 6.45) is 1.66. The third-order valence-electron chi connectivity index (χ3n) is 5.38. The van der Waals surface area contributed by atoms with Crippen LogP contribution in [0.3, 0.4) is 0 Å². The van der Waals surface area contributed by atoms with Gasteiger partial charge in [0.2, 0.25) is 0 Å². The van der Waals surface area contributed by atoms with E-state index in [-0.39, 0.29) is 12.0 Å². The lowest BCUT2D eigenvalue weighted by Gasteiger charge is -2.50. The minimum Gasteiger partial charge on any atom is -0.489 e. The van der Waals surface area contributed by atoms with E-state index < -0.39 is 17.3 Å². The quantitative estimate of drug-likeness (QED) is 0.730. The van der Waals surface area contributed by atoms with Crippen molar-refractivity contribution in [1.82, 2.24) is 0 Å². The molecule has 3 unspecified atom stereocenters. The van der Waals surface area contributed by atoms with Gasteiger partial charge in [-0.05, 0) is 24.6 Å². The van der Waals surface area contributed by atoms with Crippen molar-refractivity contribution in [2.75, 3.05) is 20.3 Å². The van der Waals surface area contributed by atoms with Gasteiger partial charge in [-0.25, -0.2) is 4.79 Å². The molecule has 2 fully saturated rings. The molecule has 3 aliphatic rings. The molecule has 24 heavy (non-hydrogen) atoms. The number of esters is 1. The maximum absolute atomic E-state index is 12.6. The van der Waals surface area contributed by atoms with Crippen LogP contribution < -0.4 is 10.5 Å². The summed E-state index contributed by atoms with van der Waals surface area (Å²) in [6.45, 7) is 1.18. The second-order valence-electron chi connectivity index (χ2n) is 6.61. The van der Waals surface area contributed by atoms with Crippen LogP contribution in [0.5, 0.6) is 5.75 Å². The lowest BCUT2D eigenvalue weighted by Crippen LogP contribution is -2.62. The van der Waals surface area contributed by atoms with Crippen LogP contribution in [-0.2, 0) is 24.5 Å². The molecule has 0 amide bonds. The Hall–Kier alpha value is -1.15. The fourth-order valence-corrected chi connectivity index (χ4v) is 4.60. The number of rotatable bonds is 1. The van der Waals surface area contributed by atoms with E-state index in [4.69, 9.17) is 24.7 Å². The molecule has 2 heterocycles. The number of benzene rings is 1. The minimum atomic E-state index is -1.24. The summed E-state index contributed by atoms with van der Waals surface area (Å²) in [7, 11) is 1.37. The van der Waals surface area contributed by atoms with E-state index in [9.17, 15) is 4.79 Å². The molecule has 130 valence electrons. The van der Waals surface area contributed by atoms with E-state index in [1.54, 1.807) is 0 Å². The van der Waals surface area contributed by atoms with Crippen LogP contribution >= 0.6 is 15.9 Å². The van der Waals surface area contributed by atoms with Gasteiger partial charge in [0.25, 0.3) is 0 Å². The molecule has 4 rings (SSSR count). The van der Waals surface area contributed by atoms with Gasteiger partial charge < -0.3 is 24.7 Å². The summed E-state index contributed by atoms with van der Waals surface area (Å²) in [5.74, 6) is -0.623. The predicted octanol–water partition coefficient (Wildman–Crippen LogP) is 2.08. The van der Waals surface area contributed by atoms with Crippen molar-refractivity contribution < 1.29 is 23.7 Å². The highest BCUT2D eigenvalue weighted by Gasteiger charge is 2.58. The standard InChI is InChI=1S/C17H20BrNO5/c1-21-15(20)17(19)11-4-5-16(22-6-7-23-16)9-14(11)24-13-3-2-10(18)8-12(13)17/h2-3,8,11,14H,4-7,9,19H2,1H3. The van der Waals surface area contributed by atoms with Gasteiger partial charge in [0.1, 0.15) is 17.4 Å². The molecule has 6 nitrogen and oxygen atoms in total. The third-order valence-corrected chi connectivity index (χ3v) is 5.88. The topological polar surface area (TPSA) is 80.0 Å². The van der Waals surface area contributed by atoms with Crippen molar-refractivity contribution >= 4 is 21.9 Å². The van der Waals surface area contributed by atoms with Crippen LogP contribution in [0, 0.1) is 5.92 Å². The van der Waals surface area contributed by atoms with Crippen LogP contribution in [-0.4, -0.2) is 38.2 Å². The average Bonchev–Trinajstić information content (AvgIpc) is 3.02. The molecule has 1 saturated heterocycles. The molecule has 7 heteroatoms. The fraction of sp³-hybridized carbons (Fsp3) is 0.588. The van der Waals surface area contributed by atoms with Crippen LogP contribution in [0.1, 0.15) is 24.8 Å². The van der Waals surface area contributed by atoms with Gasteiger partial charge in [-0.1, -0.05) is 15.9 Å². The largest absolute Gasteiger partial charge is 0.489 e. The maximum atomic E-state index is 12.6. The van der Waals surface area contributed by atoms with Crippen molar-refractivity contribution in [2.45, 2.75) is 36.7 Å². The lowest BCUT2D eigenvalue weighted by molar-refractivity contribution is -0.212. The van der Waals surface area contributed by atoms with Gasteiger partial charge in [0, 0.05) is 28.8 Å². The first kappa shape index (κ1) is 16.3. The molecule has 0 radical (unpaired) electrons. The summed E-state index contributed by atoms with van der Waals surface area (Å²) in [6, 6.07) is 5.55. The highest BCUT2D eigenvalue weighted by atomic mass is 79.9. The zero-order valence-corrected chi connectivity index (χ0v) is 15.0. The smallest absolute Gasteiger partial charge is 0.331 e. The highest BCUT2D eigenvalue weighted by Crippen LogP contribution is 2.51. The maximum Gasteiger partial charge on any atom is 0.331 e. The molecular formula is C17H20BrNO5. The minimum absolute atomic E-state index is 0.190. The number of carbonyl (C=O) groups excluding carboxylic acids is 1. The van der Waals surface area contributed by atoms with Crippen molar-refractivity contribution in [3.05, 3.63) is 28.2 Å². The molecule has 3 atom stereocenters. The van der Waals surface area contributed by atoms with Gasteiger partial charge in [-0.2, -0.15) is 0 Å². The van der Waals surface area contributed by atoms with E-state index in [0.29, 0.717) is 43.8 Å². The SMILES string of the molecule is COC(=O)C1(N)c2cc(Br)ccc2OC2CC3(CCC21)OCCO3. The number of nitrogens with two attached hydrogens (primary N) is 1. The second kappa shape index (κ2) is 5.69. The normalized spacial score (nSPS) is 33.5. The monoisotopic (exact) mass is 397 g/mol. The number of halogens is 1. The number of hydrogen-bond donors (Lipinski definition) is 1. The summed E-state index contributed by atoms with van der Waals surface area (Å²) in [4.78, 5) is 12.6.